The fourth-order valence-electron chi connectivity index (χ4n) is 1.49. The van der Waals surface area contributed by atoms with E-state index in [9.17, 15) is 0 Å². The summed E-state index contributed by atoms with van der Waals surface area (Å²) in [4.78, 5) is 7.80. The van der Waals surface area contributed by atoms with Gasteiger partial charge in [-0.25, -0.2) is 4.98 Å². The van der Waals surface area contributed by atoms with Crippen LogP contribution < -0.4 is 0 Å². The number of hydrogen-bond donors (Lipinski definition) is 1. The van der Waals surface area contributed by atoms with Crippen molar-refractivity contribution in [2.75, 3.05) is 0 Å². The second-order valence-electron chi connectivity index (χ2n) is 5.03. The third-order valence-corrected chi connectivity index (χ3v) is 3.76. The monoisotopic (exact) mass is 302 g/mol. The average Bonchev–Trinajstić information content (AvgIpc) is 2.17. The van der Waals surface area contributed by atoms with E-state index in [4.69, 9.17) is 12.2 Å². The molecular weight excluding hydrogens is 284 g/mol. The molecule has 1 aromatic heterocycles. The Hall–Kier alpha value is -0.220. The summed E-state index contributed by atoms with van der Waals surface area (Å²) < 4.78 is 1.59. The van der Waals surface area contributed by atoms with Gasteiger partial charge in [-0.15, -0.1) is 0 Å². The molecule has 0 radical (unpaired) electrons. The van der Waals surface area contributed by atoms with Crippen LogP contribution in [0.3, 0.4) is 0 Å². The summed E-state index contributed by atoms with van der Waals surface area (Å²) in [5.74, 6) is 1.000. The molecule has 0 aliphatic carbocycles. The maximum absolute atomic E-state index is 5.27. The third-order valence-electron chi connectivity index (χ3n) is 2.43. The zero-order valence-corrected chi connectivity index (χ0v) is 12.8. The van der Waals surface area contributed by atoms with Gasteiger partial charge >= 0.3 is 0 Å². The van der Waals surface area contributed by atoms with Crippen LogP contribution in [-0.4, -0.2) is 9.97 Å². The molecule has 0 aromatic carbocycles. The van der Waals surface area contributed by atoms with Crippen molar-refractivity contribution < 1.29 is 0 Å². The van der Waals surface area contributed by atoms with E-state index in [0.29, 0.717) is 4.64 Å². The predicted molar refractivity (Wildman–Crippen MR) is 74.4 cm³/mol. The zero-order valence-electron chi connectivity index (χ0n) is 10.4. The van der Waals surface area contributed by atoms with Gasteiger partial charge in [0.2, 0.25) is 0 Å². The first kappa shape index (κ1) is 13.8. The second kappa shape index (κ2) is 5.41. The Morgan fingerprint density at radius 3 is 2.50 bits per heavy atom. The molecule has 1 rings (SSSR count). The fourth-order valence-corrected chi connectivity index (χ4v) is 2.48. The number of hydrogen-bond acceptors (Lipinski definition) is 2. The SMILES string of the molecule is CCCCc1nc(=S)c(Br)c(C(C)(C)C)[nH]1. The molecule has 1 N–H and O–H groups in total. The van der Waals surface area contributed by atoms with E-state index in [0.717, 1.165) is 28.8 Å². The van der Waals surface area contributed by atoms with E-state index in [-0.39, 0.29) is 5.41 Å². The number of rotatable bonds is 3. The lowest BCUT2D eigenvalue weighted by atomic mass is 9.92. The highest BCUT2D eigenvalue weighted by Crippen LogP contribution is 2.28. The number of aromatic amines is 1. The van der Waals surface area contributed by atoms with Gasteiger partial charge in [-0.2, -0.15) is 0 Å². The number of unbranched alkanes of at least 4 members (excludes halogenated alkanes) is 1. The summed E-state index contributed by atoms with van der Waals surface area (Å²) >= 11 is 8.79. The summed E-state index contributed by atoms with van der Waals surface area (Å²) in [6.07, 6.45) is 3.28. The number of halogens is 1. The molecule has 0 amide bonds. The summed E-state index contributed by atoms with van der Waals surface area (Å²) in [5, 5.41) is 0. The minimum absolute atomic E-state index is 0.0519. The highest BCUT2D eigenvalue weighted by molar-refractivity contribution is 9.10. The molecular formula is C12H19BrN2S. The van der Waals surface area contributed by atoms with Crippen LogP contribution in [0, 0.1) is 4.64 Å². The fraction of sp³-hybridized carbons (Fsp3) is 0.667. The lowest BCUT2D eigenvalue weighted by molar-refractivity contribution is 0.555. The van der Waals surface area contributed by atoms with Gasteiger partial charge in [0, 0.05) is 17.5 Å². The van der Waals surface area contributed by atoms with E-state index in [1.165, 1.54) is 6.42 Å². The van der Waals surface area contributed by atoms with Crippen molar-refractivity contribution in [1.82, 2.24) is 9.97 Å². The van der Waals surface area contributed by atoms with Crippen molar-refractivity contribution in [1.29, 1.82) is 0 Å². The Labute approximate surface area is 111 Å². The quantitative estimate of drug-likeness (QED) is 0.830. The largest absolute Gasteiger partial charge is 0.346 e. The highest BCUT2D eigenvalue weighted by atomic mass is 79.9. The van der Waals surface area contributed by atoms with Gasteiger partial charge in [0.25, 0.3) is 0 Å². The van der Waals surface area contributed by atoms with Gasteiger partial charge in [-0.05, 0) is 22.4 Å². The standard InChI is InChI=1S/C12H19BrN2S/c1-5-6-7-8-14-10(12(2,3)4)9(13)11(16)15-8/h5-7H2,1-4H3,(H,14,15,16). The van der Waals surface area contributed by atoms with Crippen LogP contribution in [0.1, 0.15) is 52.1 Å². The molecule has 0 aliphatic heterocycles. The summed E-state index contributed by atoms with van der Waals surface area (Å²) in [5.41, 5.74) is 1.19. The third kappa shape index (κ3) is 3.39. The molecule has 2 nitrogen and oxygen atoms in total. The molecule has 16 heavy (non-hydrogen) atoms. The normalized spacial score (nSPS) is 11.8. The Balaban J connectivity index is 3.18. The van der Waals surface area contributed by atoms with E-state index in [1.54, 1.807) is 0 Å². The summed E-state index contributed by atoms with van der Waals surface area (Å²) in [6.45, 7) is 8.68. The number of nitrogens with one attached hydrogen (secondary N) is 1. The molecule has 0 spiro atoms. The van der Waals surface area contributed by atoms with Crippen molar-refractivity contribution in [2.45, 2.75) is 52.4 Å². The first-order chi connectivity index (χ1) is 7.36. The summed E-state index contributed by atoms with van der Waals surface area (Å²) in [7, 11) is 0. The van der Waals surface area contributed by atoms with Crippen LogP contribution in [0.5, 0.6) is 0 Å². The van der Waals surface area contributed by atoms with Crippen LogP contribution in [-0.2, 0) is 11.8 Å². The van der Waals surface area contributed by atoms with Gasteiger partial charge < -0.3 is 4.98 Å². The van der Waals surface area contributed by atoms with Crippen molar-refractivity contribution in [3.63, 3.8) is 0 Å². The molecule has 0 bridgehead atoms. The second-order valence-corrected chi connectivity index (χ2v) is 6.21. The first-order valence-corrected chi connectivity index (χ1v) is 6.85. The maximum Gasteiger partial charge on any atom is 0.144 e. The zero-order chi connectivity index (χ0) is 12.3. The van der Waals surface area contributed by atoms with Crippen molar-refractivity contribution in [2.24, 2.45) is 0 Å². The smallest absolute Gasteiger partial charge is 0.144 e. The number of nitrogens with zero attached hydrogens (tertiary/aromatic N) is 1. The van der Waals surface area contributed by atoms with Crippen LogP contribution in [0.4, 0.5) is 0 Å². The van der Waals surface area contributed by atoms with Gasteiger partial charge in [0.15, 0.2) is 0 Å². The molecule has 0 unspecified atom stereocenters. The molecule has 90 valence electrons. The predicted octanol–water partition coefficient (Wildman–Crippen LogP) is 4.54. The minimum atomic E-state index is 0.0519. The van der Waals surface area contributed by atoms with Crippen LogP contribution in [0.15, 0.2) is 4.47 Å². The van der Waals surface area contributed by atoms with E-state index in [2.05, 4.69) is 53.6 Å². The number of aryl methyl sites for hydroxylation is 1. The van der Waals surface area contributed by atoms with E-state index < -0.39 is 0 Å². The van der Waals surface area contributed by atoms with Crippen molar-refractivity contribution in [3.8, 4) is 0 Å². The molecule has 0 saturated heterocycles. The molecule has 1 heterocycles. The Morgan fingerprint density at radius 2 is 2.00 bits per heavy atom. The average molecular weight is 303 g/mol. The van der Waals surface area contributed by atoms with E-state index in [1.807, 2.05) is 0 Å². The Kier molecular flexibility index (Phi) is 4.68. The first-order valence-electron chi connectivity index (χ1n) is 5.65. The molecule has 0 fully saturated rings. The molecule has 0 aliphatic rings. The van der Waals surface area contributed by atoms with Crippen molar-refractivity contribution >= 4 is 28.1 Å². The maximum atomic E-state index is 5.27. The van der Waals surface area contributed by atoms with Gasteiger partial charge in [-0.3, -0.25) is 0 Å². The number of aromatic nitrogens is 2. The molecule has 1 aromatic rings. The molecule has 0 saturated carbocycles. The van der Waals surface area contributed by atoms with Crippen molar-refractivity contribution in [3.05, 3.63) is 20.6 Å². The highest BCUT2D eigenvalue weighted by Gasteiger charge is 2.19. The van der Waals surface area contributed by atoms with Crippen LogP contribution >= 0.6 is 28.1 Å². The minimum Gasteiger partial charge on any atom is -0.346 e. The van der Waals surface area contributed by atoms with E-state index >= 15 is 0 Å². The topological polar surface area (TPSA) is 28.7 Å². The lowest BCUT2D eigenvalue weighted by Crippen LogP contribution is -2.17. The van der Waals surface area contributed by atoms with Gasteiger partial charge in [0.1, 0.15) is 10.5 Å². The van der Waals surface area contributed by atoms with Crippen LogP contribution in [0.25, 0.3) is 0 Å². The van der Waals surface area contributed by atoms with Crippen LogP contribution in [0.2, 0.25) is 0 Å². The van der Waals surface area contributed by atoms with Gasteiger partial charge in [0.05, 0.1) is 4.47 Å². The summed E-state index contributed by atoms with van der Waals surface area (Å²) in [6, 6.07) is 0. The molecule has 4 heteroatoms. The Bertz CT molecular complexity index is 418. The molecule has 0 atom stereocenters. The Morgan fingerprint density at radius 1 is 1.38 bits per heavy atom. The number of H-pyrrole nitrogens is 1. The lowest BCUT2D eigenvalue weighted by Gasteiger charge is -2.21. The van der Waals surface area contributed by atoms with Gasteiger partial charge in [-0.1, -0.05) is 46.3 Å².